The molecule has 0 aliphatic heterocycles. The lowest BCUT2D eigenvalue weighted by Crippen LogP contribution is -2.08. The summed E-state index contributed by atoms with van der Waals surface area (Å²) < 4.78 is 48.9. The van der Waals surface area contributed by atoms with Gasteiger partial charge in [0.05, 0.1) is 0 Å². The van der Waals surface area contributed by atoms with Crippen LogP contribution in [0, 0.1) is 0 Å². The van der Waals surface area contributed by atoms with Gasteiger partial charge in [0.2, 0.25) is 0 Å². The lowest BCUT2D eigenvalue weighted by Gasteiger charge is -2.09. The molecule has 2 heterocycles. The van der Waals surface area contributed by atoms with Crippen LogP contribution in [0.5, 0.6) is 11.8 Å². The van der Waals surface area contributed by atoms with E-state index in [1.165, 1.54) is 12.1 Å². The van der Waals surface area contributed by atoms with E-state index < -0.39 is 23.5 Å². The Kier molecular flexibility index (Phi) is 4.31. The number of hydrogen-bond acceptors (Lipinski definition) is 5. The number of fused-ring (bicyclic) bond motifs is 1. The van der Waals surface area contributed by atoms with E-state index in [0.29, 0.717) is 10.9 Å². The first-order valence-electron chi connectivity index (χ1n) is 8.11. The summed E-state index contributed by atoms with van der Waals surface area (Å²) in [6, 6.07) is 15.5. The highest BCUT2D eigenvalue weighted by atomic mass is 19.4. The second-order valence-electron chi connectivity index (χ2n) is 5.83. The number of ether oxygens (including phenoxy) is 1. The summed E-state index contributed by atoms with van der Waals surface area (Å²) in [6.45, 7) is 0. The van der Waals surface area contributed by atoms with Crippen LogP contribution in [-0.2, 0) is 6.18 Å². The number of hydrogen-bond donors (Lipinski definition) is 0. The molecule has 140 valence electrons. The Labute approximate surface area is 156 Å². The number of benzene rings is 2. The Morgan fingerprint density at radius 2 is 1.75 bits per heavy atom. The number of aromatic nitrogens is 2. The lowest BCUT2D eigenvalue weighted by atomic mass is 10.0. The smallest absolute Gasteiger partial charge is 0.424 e. The molecule has 0 unspecified atom stereocenters. The standard InChI is InChI=1S/C20H11F3N2O3/c21-20(22,23)17-8-9-24-19(25-17)27-13-6-7-14-15(12-4-2-1-3-5-12)11-18(26)28-16(14)10-13/h1-11H. The topological polar surface area (TPSA) is 65.2 Å². The molecule has 4 aromatic rings. The number of halogens is 3. The van der Waals surface area contributed by atoms with Gasteiger partial charge < -0.3 is 9.15 Å². The molecule has 0 saturated heterocycles. The molecule has 0 amide bonds. The molecule has 28 heavy (non-hydrogen) atoms. The highest BCUT2D eigenvalue weighted by Crippen LogP contribution is 2.32. The molecule has 0 N–H and O–H groups in total. The van der Waals surface area contributed by atoms with E-state index in [2.05, 4.69) is 9.97 Å². The van der Waals surface area contributed by atoms with Gasteiger partial charge in [0.25, 0.3) is 0 Å². The van der Waals surface area contributed by atoms with Crippen LogP contribution in [0.4, 0.5) is 13.2 Å². The Morgan fingerprint density at radius 1 is 0.964 bits per heavy atom. The van der Waals surface area contributed by atoms with E-state index in [4.69, 9.17) is 9.15 Å². The van der Waals surface area contributed by atoms with Crippen molar-refractivity contribution in [1.82, 2.24) is 9.97 Å². The molecule has 0 aliphatic rings. The normalized spacial score (nSPS) is 11.5. The van der Waals surface area contributed by atoms with Gasteiger partial charge in [0, 0.05) is 23.7 Å². The molecule has 2 aromatic heterocycles. The summed E-state index contributed by atoms with van der Waals surface area (Å²) in [7, 11) is 0. The van der Waals surface area contributed by atoms with Gasteiger partial charge in [-0.3, -0.25) is 0 Å². The van der Waals surface area contributed by atoms with Gasteiger partial charge in [-0.2, -0.15) is 18.2 Å². The van der Waals surface area contributed by atoms with Crippen LogP contribution in [0.3, 0.4) is 0 Å². The van der Waals surface area contributed by atoms with Crippen LogP contribution in [0.15, 0.2) is 76.1 Å². The zero-order chi connectivity index (χ0) is 19.7. The van der Waals surface area contributed by atoms with Gasteiger partial charge in [-0.05, 0) is 29.3 Å². The average molecular weight is 384 g/mol. The van der Waals surface area contributed by atoms with Crippen molar-refractivity contribution < 1.29 is 22.3 Å². The van der Waals surface area contributed by atoms with Crippen molar-refractivity contribution in [1.29, 1.82) is 0 Å². The molecule has 2 aromatic carbocycles. The predicted molar refractivity (Wildman–Crippen MR) is 95.0 cm³/mol. The Bertz CT molecular complexity index is 1200. The molecular formula is C20H11F3N2O3. The van der Waals surface area contributed by atoms with Gasteiger partial charge >= 0.3 is 17.8 Å². The molecule has 4 rings (SSSR count). The lowest BCUT2D eigenvalue weighted by molar-refractivity contribution is -0.141. The molecule has 5 nitrogen and oxygen atoms in total. The third kappa shape index (κ3) is 3.57. The third-order valence-corrected chi connectivity index (χ3v) is 3.93. The molecule has 0 aliphatic carbocycles. The minimum atomic E-state index is -4.61. The van der Waals surface area contributed by atoms with Crippen LogP contribution >= 0.6 is 0 Å². The summed E-state index contributed by atoms with van der Waals surface area (Å²) in [4.78, 5) is 19.0. The van der Waals surface area contributed by atoms with Crippen LogP contribution in [0.1, 0.15) is 5.69 Å². The first-order valence-corrected chi connectivity index (χ1v) is 8.11. The second kappa shape index (κ2) is 6.80. The summed E-state index contributed by atoms with van der Waals surface area (Å²) in [5.41, 5.74) is 0.0647. The maximum atomic E-state index is 12.8. The van der Waals surface area contributed by atoms with E-state index >= 15 is 0 Å². The van der Waals surface area contributed by atoms with Crippen molar-refractivity contribution in [3.05, 3.63) is 83.0 Å². The van der Waals surface area contributed by atoms with Crippen molar-refractivity contribution in [2.24, 2.45) is 0 Å². The third-order valence-electron chi connectivity index (χ3n) is 3.93. The maximum absolute atomic E-state index is 12.8. The Balaban J connectivity index is 1.74. The SMILES string of the molecule is O=c1cc(-c2ccccc2)c2ccc(Oc3nccc(C(F)(F)F)n3)cc2o1. The van der Waals surface area contributed by atoms with Crippen molar-refractivity contribution in [3.63, 3.8) is 0 Å². The van der Waals surface area contributed by atoms with E-state index in [9.17, 15) is 18.0 Å². The first-order chi connectivity index (χ1) is 13.4. The van der Waals surface area contributed by atoms with Crippen LogP contribution in [0.2, 0.25) is 0 Å². The fourth-order valence-corrected chi connectivity index (χ4v) is 2.72. The van der Waals surface area contributed by atoms with E-state index in [1.54, 1.807) is 12.1 Å². The summed E-state index contributed by atoms with van der Waals surface area (Å²) in [6.07, 6.45) is -3.65. The molecule has 0 bridgehead atoms. The monoisotopic (exact) mass is 384 g/mol. The minimum Gasteiger partial charge on any atom is -0.424 e. The van der Waals surface area contributed by atoms with Gasteiger partial charge in [-0.25, -0.2) is 9.78 Å². The second-order valence-corrected chi connectivity index (χ2v) is 5.83. The van der Waals surface area contributed by atoms with E-state index in [-0.39, 0.29) is 11.3 Å². The fraction of sp³-hybridized carbons (Fsp3) is 0.0500. The van der Waals surface area contributed by atoms with Crippen molar-refractivity contribution in [2.45, 2.75) is 6.18 Å². The van der Waals surface area contributed by atoms with Crippen LogP contribution in [-0.4, -0.2) is 9.97 Å². The maximum Gasteiger partial charge on any atom is 0.433 e. The number of alkyl halides is 3. The quantitative estimate of drug-likeness (QED) is 0.462. The van der Waals surface area contributed by atoms with Gasteiger partial charge in [-0.15, -0.1) is 0 Å². The largest absolute Gasteiger partial charge is 0.433 e. The highest BCUT2D eigenvalue weighted by molar-refractivity contribution is 5.93. The molecular weight excluding hydrogens is 373 g/mol. The molecule has 0 spiro atoms. The van der Waals surface area contributed by atoms with E-state index in [0.717, 1.165) is 17.8 Å². The Hall–Kier alpha value is -3.68. The van der Waals surface area contributed by atoms with Gasteiger partial charge in [0.1, 0.15) is 11.3 Å². The molecule has 8 heteroatoms. The van der Waals surface area contributed by atoms with Crippen molar-refractivity contribution in [3.8, 4) is 22.9 Å². The van der Waals surface area contributed by atoms with Crippen molar-refractivity contribution >= 4 is 11.0 Å². The fourth-order valence-electron chi connectivity index (χ4n) is 2.72. The number of rotatable bonds is 3. The average Bonchev–Trinajstić information content (AvgIpc) is 2.67. The molecule has 0 saturated carbocycles. The molecule has 0 atom stereocenters. The van der Waals surface area contributed by atoms with Crippen LogP contribution < -0.4 is 10.4 Å². The summed E-state index contributed by atoms with van der Waals surface area (Å²) in [5.74, 6) is 0.139. The predicted octanol–water partition coefficient (Wildman–Crippen LogP) is 5.06. The Morgan fingerprint density at radius 3 is 2.50 bits per heavy atom. The van der Waals surface area contributed by atoms with Gasteiger partial charge in [0.15, 0.2) is 5.69 Å². The van der Waals surface area contributed by atoms with E-state index in [1.807, 2.05) is 30.3 Å². The van der Waals surface area contributed by atoms with Crippen LogP contribution in [0.25, 0.3) is 22.1 Å². The summed E-state index contributed by atoms with van der Waals surface area (Å²) in [5, 5.41) is 0.656. The zero-order valence-electron chi connectivity index (χ0n) is 14.1. The summed E-state index contributed by atoms with van der Waals surface area (Å²) >= 11 is 0. The zero-order valence-corrected chi connectivity index (χ0v) is 14.1. The first kappa shape index (κ1) is 17.7. The molecule has 0 fully saturated rings. The van der Waals surface area contributed by atoms with Crippen molar-refractivity contribution in [2.75, 3.05) is 0 Å². The number of nitrogens with zero attached hydrogens (tertiary/aromatic N) is 2. The van der Waals surface area contributed by atoms with Gasteiger partial charge in [-0.1, -0.05) is 30.3 Å². The highest BCUT2D eigenvalue weighted by Gasteiger charge is 2.33. The minimum absolute atomic E-state index is 0.139. The molecule has 0 radical (unpaired) electrons.